The van der Waals surface area contributed by atoms with Crippen molar-refractivity contribution in [3.8, 4) is 0 Å². The van der Waals surface area contributed by atoms with Crippen molar-refractivity contribution >= 4 is 19.8 Å². The van der Waals surface area contributed by atoms with E-state index in [2.05, 4.69) is 135 Å². The predicted molar refractivity (Wildman–Crippen MR) is 334 cm³/mol. The Bertz CT molecular complexity index is 1730. The highest BCUT2D eigenvalue weighted by atomic mass is 31.2. The number of allylic oxidation sites excluding steroid dienone is 20. The quantitative estimate of drug-likeness (QED) is 0.0211. The molecule has 0 heterocycles. The second-order valence-corrected chi connectivity index (χ2v) is 23.2. The maximum Gasteiger partial charge on any atom is 0.472 e. The van der Waals surface area contributed by atoms with E-state index < -0.39 is 26.5 Å². The summed E-state index contributed by atoms with van der Waals surface area (Å²) in [5, 5.41) is 0. The molecule has 10 heteroatoms. The van der Waals surface area contributed by atoms with Gasteiger partial charge >= 0.3 is 19.8 Å². The number of phosphoric acid groups is 1. The van der Waals surface area contributed by atoms with E-state index in [0.29, 0.717) is 17.4 Å². The summed E-state index contributed by atoms with van der Waals surface area (Å²) in [6.45, 7) is 4.23. The molecule has 0 aromatic carbocycles. The van der Waals surface area contributed by atoms with Crippen LogP contribution in [0.2, 0.25) is 0 Å². The molecule has 0 bridgehead atoms. The third kappa shape index (κ3) is 61.6. The van der Waals surface area contributed by atoms with Crippen molar-refractivity contribution in [1.82, 2.24) is 0 Å². The number of likely N-dealkylation sites (N-methyl/N-ethyl adjacent to an activating group) is 1. The molecular formula is C68H117NO8P+. The van der Waals surface area contributed by atoms with Gasteiger partial charge in [-0.3, -0.25) is 18.6 Å². The number of nitrogens with zero attached hydrogens (tertiary/aromatic N) is 1. The predicted octanol–water partition coefficient (Wildman–Crippen LogP) is 19.9. The SMILES string of the molecule is CC/C=C\C/C=C\C/C=C\C/C=C\C/C=C\C/C=C\C/C=C\C/C=C\CCCCCCCCCCCCCCCCCCC(=O)OC(COC(=O)CCCCCCC/C=C\C/C=C\CCC)COP(=O)(O)OCC[N+](C)(C)C. The monoisotopic (exact) mass is 1110 g/mol. The van der Waals surface area contributed by atoms with Crippen molar-refractivity contribution in [3.05, 3.63) is 122 Å². The lowest BCUT2D eigenvalue weighted by Crippen LogP contribution is -2.37. The number of hydrogen-bond acceptors (Lipinski definition) is 7. The van der Waals surface area contributed by atoms with Gasteiger partial charge in [0.15, 0.2) is 6.10 Å². The van der Waals surface area contributed by atoms with Gasteiger partial charge in [-0.25, -0.2) is 4.57 Å². The lowest BCUT2D eigenvalue weighted by molar-refractivity contribution is -0.870. The molecular weight excluding hydrogens is 990 g/mol. The Labute approximate surface area is 479 Å². The van der Waals surface area contributed by atoms with Crippen molar-refractivity contribution in [1.29, 1.82) is 0 Å². The molecule has 0 aliphatic rings. The van der Waals surface area contributed by atoms with E-state index >= 15 is 0 Å². The van der Waals surface area contributed by atoms with Crippen LogP contribution >= 0.6 is 7.82 Å². The standard InChI is InChI=1S/C68H116NO8P/c1-6-8-10-12-14-16-18-20-21-22-23-24-25-26-27-28-29-30-31-32-33-34-35-36-37-38-39-40-41-42-43-44-45-46-47-49-51-53-55-57-59-61-68(71)77-66(65-76-78(72,73)75-63-62-69(3,4)5)64-74-67(70)60-58-56-54-52-50-48-19-17-15-13-11-9-7-2/h8,10-11,13-14,16-17,19-21,23-24,26-27,29-30,32-33,35-36,66H,6-7,9,12,15,18,22,25,28,31,34,37-65H2,1-5H3/p+1/b10-8-,13-11-,16-14-,19-17-,21-20-,24-23-,27-26-,30-29-,33-32-,36-35-. The molecule has 0 radical (unpaired) electrons. The molecule has 2 unspecified atom stereocenters. The number of phosphoric ester groups is 1. The van der Waals surface area contributed by atoms with Crippen molar-refractivity contribution in [2.24, 2.45) is 0 Å². The number of carbonyl (C=O) groups excluding carboxylic acids is 2. The Morgan fingerprint density at radius 3 is 1.09 bits per heavy atom. The van der Waals surface area contributed by atoms with Gasteiger partial charge in [0, 0.05) is 12.8 Å². The van der Waals surface area contributed by atoms with E-state index in [1.165, 1.54) is 89.9 Å². The van der Waals surface area contributed by atoms with E-state index in [0.717, 1.165) is 122 Å². The van der Waals surface area contributed by atoms with Crippen LogP contribution in [0.5, 0.6) is 0 Å². The maximum absolute atomic E-state index is 12.8. The fourth-order valence-electron chi connectivity index (χ4n) is 8.19. The zero-order chi connectivity index (χ0) is 57.0. The molecule has 0 amide bonds. The van der Waals surface area contributed by atoms with Crippen molar-refractivity contribution < 1.29 is 42.1 Å². The van der Waals surface area contributed by atoms with Crippen LogP contribution in [-0.4, -0.2) is 74.9 Å². The van der Waals surface area contributed by atoms with Gasteiger partial charge < -0.3 is 18.9 Å². The molecule has 0 aromatic heterocycles. The number of hydrogen-bond donors (Lipinski definition) is 1. The summed E-state index contributed by atoms with van der Waals surface area (Å²) in [6.07, 6.45) is 83.0. The molecule has 446 valence electrons. The molecule has 1 N–H and O–H groups in total. The van der Waals surface area contributed by atoms with Crippen molar-refractivity contribution in [2.45, 2.75) is 251 Å². The van der Waals surface area contributed by atoms with Crippen LogP contribution in [0, 0.1) is 0 Å². The number of unbranched alkanes of at least 4 members (excludes halogenated alkanes) is 22. The average molecular weight is 1110 g/mol. The fraction of sp³-hybridized carbons (Fsp3) is 0.676. The summed E-state index contributed by atoms with van der Waals surface area (Å²) in [4.78, 5) is 35.6. The van der Waals surface area contributed by atoms with E-state index in [-0.39, 0.29) is 32.0 Å². The van der Waals surface area contributed by atoms with Crippen LogP contribution < -0.4 is 0 Å². The first kappa shape index (κ1) is 74.4. The van der Waals surface area contributed by atoms with Gasteiger partial charge in [-0.2, -0.15) is 0 Å². The molecule has 0 rings (SSSR count). The minimum absolute atomic E-state index is 0.0255. The van der Waals surface area contributed by atoms with Gasteiger partial charge in [-0.05, 0) is 103 Å². The molecule has 2 atom stereocenters. The minimum Gasteiger partial charge on any atom is -0.462 e. The van der Waals surface area contributed by atoms with Crippen molar-refractivity contribution in [3.63, 3.8) is 0 Å². The highest BCUT2D eigenvalue weighted by Crippen LogP contribution is 2.43. The normalized spacial score (nSPS) is 14.1. The molecule has 0 spiro atoms. The molecule has 0 aliphatic carbocycles. The second kappa shape index (κ2) is 58.1. The first-order chi connectivity index (χ1) is 38.0. The number of quaternary nitrogens is 1. The molecule has 0 aromatic rings. The Balaban J connectivity index is 3.98. The van der Waals surface area contributed by atoms with Crippen LogP contribution in [0.3, 0.4) is 0 Å². The molecule has 0 saturated heterocycles. The summed E-state index contributed by atoms with van der Waals surface area (Å²) in [5.41, 5.74) is 0. The summed E-state index contributed by atoms with van der Waals surface area (Å²) < 4.78 is 34.5. The van der Waals surface area contributed by atoms with Gasteiger partial charge in [0.2, 0.25) is 0 Å². The van der Waals surface area contributed by atoms with E-state index in [9.17, 15) is 19.0 Å². The Kier molecular flexibility index (Phi) is 55.4. The zero-order valence-electron chi connectivity index (χ0n) is 50.6. The van der Waals surface area contributed by atoms with Crippen LogP contribution in [0.15, 0.2) is 122 Å². The van der Waals surface area contributed by atoms with E-state index in [4.69, 9.17) is 18.5 Å². The Morgan fingerprint density at radius 2 is 0.731 bits per heavy atom. The van der Waals surface area contributed by atoms with Crippen LogP contribution in [-0.2, 0) is 32.7 Å². The summed E-state index contributed by atoms with van der Waals surface area (Å²) in [7, 11) is 1.46. The number of ether oxygens (including phenoxy) is 2. The summed E-state index contributed by atoms with van der Waals surface area (Å²) >= 11 is 0. The second-order valence-electron chi connectivity index (χ2n) is 21.7. The first-order valence-electron chi connectivity index (χ1n) is 31.3. The molecule has 0 saturated carbocycles. The molecule has 0 fully saturated rings. The highest BCUT2D eigenvalue weighted by molar-refractivity contribution is 7.47. The smallest absolute Gasteiger partial charge is 0.462 e. The molecule has 0 aliphatic heterocycles. The zero-order valence-corrected chi connectivity index (χ0v) is 51.5. The summed E-state index contributed by atoms with van der Waals surface area (Å²) in [6, 6.07) is 0. The van der Waals surface area contributed by atoms with Crippen LogP contribution in [0.4, 0.5) is 0 Å². The van der Waals surface area contributed by atoms with Crippen molar-refractivity contribution in [2.75, 3.05) is 47.5 Å². The largest absolute Gasteiger partial charge is 0.472 e. The fourth-order valence-corrected chi connectivity index (χ4v) is 8.93. The maximum atomic E-state index is 12.8. The molecule has 78 heavy (non-hydrogen) atoms. The number of rotatable bonds is 56. The van der Waals surface area contributed by atoms with Gasteiger partial charge in [-0.1, -0.05) is 251 Å². The van der Waals surface area contributed by atoms with Crippen LogP contribution in [0.1, 0.15) is 245 Å². The highest BCUT2D eigenvalue weighted by Gasteiger charge is 2.27. The average Bonchev–Trinajstić information content (AvgIpc) is 3.40. The Morgan fingerprint density at radius 1 is 0.410 bits per heavy atom. The first-order valence-corrected chi connectivity index (χ1v) is 32.8. The van der Waals surface area contributed by atoms with E-state index in [1.807, 2.05) is 21.1 Å². The van der Waals surface area contributed by atoms with Gasteiger partial charge in [0.1, 0.15) is 19.8 Å². The van der Waals surface area contributed by atoms with Gasteiger partial charge in [-0.15, -0.1) is 0 Å². The molecule has 9 nitrogen and oxygen atoms in total. The van der Waals surface area contributed by atoms with Crippen LogP contribution in [0.25, 0.3) is 0 Å². The van der Waals surface area contributed by atoms with Gasteiger partial charge in [0.25, 0.3) is 0 Å². The minimum atomic E-state index is -4.39. The Hall–Kier alpha value is -3.59. The third-order valence-electron chi connectivity index (χ3n) is 13.0. The number of esters is 2. The van der Waals surface area contributed by atoms with E-state index in [1.54, 1.807) is 0 Å². The summed E-state index contributed by atoms with van der Waals surface area (Å²) in [5.74, 6) is -0.816. The lowest BCUT2D eigenvalue weighted by Gasteiger charge is -2.24. The number of carbonyl (C=O) groups is 2. The lowest BCUT2D eigenvalue weighted by atomic mass is 10.0. The van der Waals surface area contributed by atoms with Gasteiger partial charge in [0.05, 0.1) is 27.7 Å². The topological polar surface area (TPSA) is 108 Å². The third-order valence-corrected chi connectivity index (χ3v) is 13.9.